The lowest BCUT2D eigenvalue weighted by atomic mass is 10.1. The number of nitrogens with zero attached hydrogens (tertiary/aromatic N) is 1. The molecule has 170 valence electrons. The molecule has 0 spiro atoms. The zero-order chi connectivity index (χ0) is 23.3. The molecule has 2 heterocycles. The number of anilines is 3. The fraction of sp³-hybridized carbons (Fsp3) is 0.111. The first kappa shape index (κ1) is 22.3. The lowest BCUT2D eigenvalue weighted by Gasteiger charge is -2.21. The number of nitrogens with one attached hydrogen (secondary N) is 2. The Morgan fingerprint density at radius 3 is 2.59 bits per heavy atom. The van der Waals surface area contributed by atoms with Gasteiger partial charge >= 0.3 is 0 Å². The molecule has 0 saturated heterocycles. The maximum atomic E-state index is 12.5. The summed E-state index contributed by atoms with van der Waals surface area (Å²) in [6, 6.07) is 26.2. The maximum Gasteiger partial charge on any atom is 0.224 e. The van der Waals surface area contributed by atoms with Crippen molar-refractivity contribution in [2.75, 3.05) is 10.6 Å². The fourth-order valence-corrected chi connectivity index (χ4v) is 5.40. The summed E-state index contributed by atoms with van der Waals surface area (Å²) in [6.45, 7) is 0. The summed E-state index contributed by atoms with van der Waals surface area (Å²) in [6.07, 6.45) is 2.08. The van der Waals surface area contributed by atoms with E-state index >= 15 is 0 Å². The van der Waals surface area contributed by atoms with E-state index < -0.39 is 0 Å². The summed E-state index contributed by atoms with van der Waals surface area (Å²) in [5.41, 5.74) is 11.1. The fourth-order valence-electron chi connectivity index (χ4n) is 3.74. The molecule has 3 aromatic carbocycles. The van der Waals surface area contributed by atoms with Crippen LogP contribution in [0.2, 0.25) is 0 Å². The van der Waals surface area contributed by atoms with Crippen molar-refractivity contribution in [1.82, 2.24) is 0 Å². The van der Waals surface area contributed by atoms with Crippen LogP contribution in [-0.4, -0.2) is 11.7 Å². The van der Waals surface area contributed by atoms with Gasteiger partial charge in [-0.1, -0.05) is 42.1 Å². The second-order valence-electron chi connectivity index (χ2n) is 7.98. The summed E-state index contributed by atoms with van der Waals surface area (Å²) in [7, 11) is 0. The Hall–Kier alpha value is -3.55. The average Bonchev–Trinajstić information content (AvgIpc) is 3.39. The second kappa shape index (κ2) is 10.2. The van der Waals surface area contributed by atoms with Gasteiger partial charge in [0.1, 0.15) is 5.84 Å². The van der Waals surface area contributed by atoms with Crippen LogP contribution >= 0.6 is 23.1 Å². The highest BCUT2D eigenvalue weighted by Crippen LogP contribution is 2.44. The number of thiophene rings is 1. The number of aryl methyl sites for hydroxylation is 1. The SMILES string of the molecule is NC(=Nc1ccc(CCCC(=O)Nc2ccc3c(c2)Sc2ccccc2N3)cc1)c1cccs1. The van der Waals surface area contributed by atoms with Crippen molar-refractivity contribution in [3.05, 3.63) is 94.7 Å². The lowest BCUT2D eigenvalue weighted by molar-refractivity contribution is -0.116. The van der Waals surface area contributed by atoms with Crippen LogP contribution < -0.4 is 16.4 Å². The second-order valence-corrected chi connectivity index (χ2v) is 10.0. The third kappa shape index (κ3) is 5.32. The standard InChI is InChI=1S/C27H24N4OS2/c28-27(24-8-4-16-33-24)30-19-12-10-18(11-13-19)5-3-9-26(32)29-20-14-15-22-25(17-20)34-23-7-2-1-6-21(23)31-22/h1-2,4,6-8,10-17,31H,3,5,9H2,(H2,28,30)(H,29,32). The van der Waals surface area contributed by atoms with Crippen LogP contribution in [-0.2, 0) is 11.2 Å². The van der Waals surface area contributed by atoms with Gasteiger partial charge in [0.2, 0.25) is 5.91 Å². The molecule has 0 bridgehead atoms. The Balaban J connectivity index is 1.11. The number of carbonyl (C=O) groups excluding carboxylic acids is 1. The molecule has 0 aliphatic carbocycles. The molecular formula is C27H24N4OS2. The summed E-state index contributed by atoms with van der Waals surface area (Å²) in [4.78, 5) is 20.2. The Bertz CT molecular complexity index is 1330. The summed E-state index contributed by atoms with van der Waals surface area (Å²) in [5.74, 6) is 0.555. The van der Waals surface area contributed by atoms with Crippen LogP contribution in [0.1, 0.15) is 23.3 Å². The molecule has 1 aliphatic rings. The van der Waals surface area contributed by atoms with E-state index in [-0.39, 0.29) is 5.91 Å². The molecule has 7 heteroatoms. The Kier molecular flexibility index (Phi) is 6.65. The highest BCUT2D eigenvalue weighted by atomic mass is 32.2. The van der Waals surface area contributed by atoms with Crippen molar-refractivity contribution in [3.8, 4) is 0 Å². The number of amides is 1. The van der Waals surface area contributed by atoms with Crippen LogP contribution in [0.3, 0.4) is 0 Å². The van der Waals surface area contributed by atoms with E-state index in [9.17, 15) is 4.79 Å². The van der Waals surface area contributed by atoms with Crippen molar-refractivity contribution in [3.63, 3.8) is 0 Å². The highest BCUT2D eigenvalue weighted by molar-refractivity contribution is 7.99. The van der Waals surface area contributed by atoms with E-state index in [1.54, 1.807) is 23.1 Å². The normalized spacial score (nSPS) is 12.4. The van der Waals surface area contributed by atoms with Gasteiger partial charge in [-0.15, -0.1) is 11.3 Å². The van der Waals surface area contributed by atoms with Crippen LogP contribution in [0.25, 0.3) is 0 Å². The monoisotopic (exact) mass is 484 g/mol. The number of fused-ring (bicyclic) bond motifs is 2. The van der Waals surface area contributed by atoms with Crippen LogP contribution in [0.4, 0.5) is 22.7 Å². The number of amidine groups is 1. The quantitative estimate of drug-likeness (QED) is 0.172. The molecule has 1 aliphatic heterocycles. The zero-order valence-corrected chi connectivity index (χ0v) is 20.1. The minimum atomic E-state index is 0.0269. The number of carbonyl (C=O) groups is 1. The first-order valence-electron chi connectivity index (χ1n) is 11.1. The molecule has 0 atom stereocenters. The molecule has 4 N–H and O–H groups in total. The number of benzene rings is 3. The first-order valence-corrected chi connectivity index (χ1v) is 12.8. The van der Waals surface area contributed by atoms with Crippen molar-refractivity contribution in [1.29, 1.82) is 0 Å². The molecule has 0 radical (unpaired) electrons. The van der Waals surface area contributed by atoms with Gasteiger partial charge in [0.15, 0.2) is 0 Å². The number of hydrogen-bond donors (Lipinski definition) is 3. The van der Waals surface area contributed by atoms with Crippen LogP contribution in [0.15, 0.2) is 99.0 Å². The summed E-state index contributed by atoms with van der Waals surface area (Å²) >= 11 is 3.29. The van der Waals surface area contributed by atoms with Gasteiger partial charge in [-0.25, -0.2) is 4.99 Å². The number of nitrogens with two attached hydrogens (primary N) is 1. The van der Waals surface area contributed by atoms with E-state index in [0.717, 1.165) is 45.4 Å². The first-order chi connectivity index (χ1) is 16.6. The Morgan fingerprint density at radius 1 is 0.941 bits per heavy atom. The minimum absolute atomic E-state index is 0.0269. The van der Waals surface area contributed by atoms with Crippen molar-refractivity contribution in [2.45, 2.75) is 29.1 Å². The highest BCUT2D eigenvalue weighted by Gasteiger charge is 2.16. The van der Waals surface area contributed by atoms with Gasteiger partial charge in [0.25, 0.3) is 0 Å². The maximum absolute atomic E-state index is 12.5. The van der Waals surface area contributed by atoms with Crippen LogP contribution in [0, 0.1) is 0 Å². The van der Waals surface area contributed by atoms with E-state index in [1.807, 2.05) is 72.1 Å². The van der Waals surface area contributed by atoms with Crippen molar-refractivity contribution >= 4 is 57.6 Å². The van der Waals surface area contributed by atoms with E-state index in [2.05, 4.69) is 27.8 Å². The van der Waals surface area contributed by atoms with E-state index in [1.165, 1.54) is 10.5 Å². The van der Waals surface area contributed by atoms with Gasteiger partial charge in [-0.3, -0.25) is 4.79 Å². The van der Waals surface area contributed by atoms with Crippen molar-refractivity contribution < 1.29 is 4.79 Å². The third-order valence-electron chi connectivity index (χ3n) is 5.47. The molecule has 1 amide bonds. The van der Waals surface area contributed by atoms with E-state index in [4.69, 9.17) is 5.73 Å². The minimum Gasteiger partial charge on any atom is -0.383 e. The molecule has 4 aromatic rings. The Labute approximate surface area is 207 Å². The average molecular weight is 485 g/mol. The van der Waals surface area contributed by atoms with Gasteiger partial charge in [0, 0.05) is 21.9 Å². The largest absolute Gasteiger partial charge is 0.383 e. The van der Waals surface area contributed by atoms with Gasteiger partial charge in [0.05, 0.1) is 21.9 Å². The zero-order valence-electron chi connectivity index (χ0n) is 18.5. The van der Waals surface area contributed by atoms with Gasteiger partial charge in [-0.2, -0.15) is 0 Å². The number of rotatable bonds is 7. The molecule has 0 unspecified atom stereocenters. The van der Waals surface area contributed by atoms with Crippen molar-refractivity contribution in [2.24, 2.45) is 10.7 Å². The molecule has 1 aromatic heterocycles. The molecule has 0 fully saturated rings. The Morgan fingerprint density at radius 2 is 1.76 bits per heavy atom. The molecule has 0 saturated carbocycles. The van der Waals surface area contributed by atoms with E-state index in [0.29, 0.717) is 12.3 Å². The molecule has 5 nitrogen and oxygen atoms in total. The predicted molar refractivity (Wildman–Crippen MR) is 143 cm³/mol. The lowest BCUT2D eigenvalue weighted by Crippen LogP contribution is -2.12. The topological polar surface area (TPSA) is 79.5 Å². The smallest absolute Gasteiger partial charge is 0.224 e. The summed E-state index contributed by atoms with van der Waals surface area (Å²) < 4.78 is 0. The number of para-hydroxylation sites is 1. The third-order valence-corrected chi connectivity index (χ3v) is 7.50. The predicted octanol–water partition coefficient (Wildman–Crippen LogP) is 6.95. The van der Waals surface area contributed by atoms with Gasteiger partial charge in [-0.05, 0) is 72.3 Å². The molecule has 5 rings (SSSR count). The molecular weight excluding hydrogens is 460 g/mol. The number of hydrogen-bond acceptors (Lipinski definition) is 5. The van der Waals surface area contributed by atoms with Gasteiger partial charge < -0.3 is 16.4 Å². The summed E-state index contributed by atoms with van der Waals surface area (Å²) in [5, 5.41) is 8.47. The number of aliphatic imine (C=N–C) groups is 1. The molecule has 34 heavy (non-hydrogen) atoms. The van der Waals surface area contributed by atoms with Crippen LogP contribution in [0.5, 0.6) is 0 Å².